The SMILES string of the molecule is CC(C)(C)c1noc([C@@H]2CS[C@]3(c4ccccc4)CCC(=O)N23)n1. The Bertz CT molecular complexity index is 768. The average molecular weight is 343 g/mol. The van der Waals surface area contributed by atoms with Gasteiger partial charge in [0.1, 0.15) is 10.9 Å². The van der Waals surface area contributed by atoms with Crippen LogP contribution in [-0.4, -0.2) is 26.7 Å². The van der Waals surface area contributed by atoms with Crippen LogP contribution in [0.25, 0.3) is 0 Å². The minimum atomic E-state index is -0.292. The van der Waals surface area contributed by atoms with Crippen molar-refractivity contribution in [1.29, 1.82) is 0 Å². The Morgan fingerprint density at radius 2 is 2.04 bits per heavy atom. The molecule has 2 saturated heterocycles. The molecule has 4 rings (SSSR count). The van der Waals surface area contributed by atoms with E-state index in [-0.39, 0.29) is 22.2 Å². The van der Waals surface area contributed by atoms with E-state index in [9.17, 15) is 4.79 Å². The molecule has 3 heterocycles. The second-order valence-corrected chi connectivity index (χ2v) is 8.74. The van der Waals surface area contributed by atoms with Gasteiger partial charge >= 0.3 is 0 Å². The predicted molar refractivity (Wildman–Crippen MR) is 92.4 cm³/mol. The van der Waals surface area contributed by atoms with Crippen LogP contribution in [0.1, 0.15) is 56.9 Å². The second-order valence-electron chi connectivity index (χ2n) is 7.45. The monoisotopic (exact) mass is 343 g/mol. The third-order valence-electron chi connectivity index (χ3n) is 4.75. The summed E-state index contributed by atoms with van der Waals surface area (Å²) in [5.74, 6) is 2.20. The first-order valence-corrected chi connectivity index (χ1v) is 9.26. The summed E-state index contributed by atoms with van der Waals surface area (Å²) in [7, 11) is 0. The molecule has 126 valence electrons. The van der Waals surface area contributed by atoms with Crippen LogP contribution in [0, 0.1) is 0 Å². The maximum atomic E-state index is 12.6. The van der Waals surface area contributed by atoms with E-state index in [0.717, 1.165) is 12.2 Å². The highest BCUT2D eigenvalue weighted by molar-refractivity contribution is 8.00. The van der Waals surface area contributed by atoms with Crippen LogP contribution < -0.4 is 0 Å². The van der Waals surface area contributed by atoms with Gasteiger partial charge in [-0.15, -0.1) is 11.8 Å². The van der Waals surface area contributed by atoms with Gasteiger partial charge in [0.15, 0.2) is 5.82 Å². The fraction of sp³-hybridized carbons (Fsp3) is 0.500. The molecule has 2 fully saturated rings. The van der Waals surface area contributed by atoms with Crippen molar-refractivity contribution in [3.05, 3.63) is 47.6 Å². The highest BCUT2D eigenvalue weighted by Crippen LogP contribution is 2.58. The number of fused-ring (bicyclic) bond motifs is 1. The minimum Gasteiger partial charge on any atom is -0.337 e. The van der Waals surface area contributed by atoms with E-state index in [4.69, 9.17) is 4.52 Å². The molecule has 2 atom stereocenters. The number of aromatic nitrogens is 2. The van der Waals surface area contributed by atoms with Crippen molar-refractivity contribution in [3.63, 3.8) is 0 Å². The van der Waals surface area contributed by atoms with E-state index in [1.54, 1.807) is 0 Å². The Labute approximate surface area is 145 Å². The van der Waals surface area contributed by atoms with E-state index in [2.05, 4.69) is 43.0 Å². The molecule has 0 bridgehead atoms. The lowest BCUT2D eigenvalue weighted by Crippen LogP contribution is -2.38. The van der Waals surface area contributed by atoms with Crippen LogP contribution >= 0.6 is 11.8 Å². The highest BCUT2D eigenvalue weighted by atomic mass is 32.2. The van der Waals surface area contributed by atoms with E-state index in [1.807, 2.05) is 34.9 Å². The van der Waals surface area contributed by atoms with Crippen molar-refractivity contribution in [2.75, 3.05) is 5.75 Å². The zero-order valence-corrected chi connectivity index (χ0v) is 15.0. The Kier molecular flexibility index (Phi) is 3.49. The largest absolute Gasteiger partial charge is 0.337 e. The number of hydrogen-bond acceptors (Lipinski definition) is 5. The molecular weight excluding hydrogens is 322 g/mol. The molecule has 2 aliphatic rings. The van der Waals surface area contributed by atoms with Gasteiger partial charge in [-0.1, -0.05) is 56.3 Å². The number of hydrogen-bond donors (Lipinski definition) is 0. The summed E-state index contributed by atoms with van der Waals surface area (Å²) in [6.07, 6.45) is 1.40. The lowest BCUT2D eigenvalue weighted by atomic mass is 9.96. The van der Waals surface area contributed by atoms with Crippen LogP contribution in [0.4, 0.5) is 0 Å². The summed E-state index contributed by atoms with van der Waals surface area (Å²) in [6, 6.07) is 10.1. The van der Waals surface area contributed by atoms with Gasteiger partial charge in [0, 0.05) is 17.6 Å². The third-order valence-corrected chi connectivity index (χ3v) is 6.35. The fourth-order valence-electron chi connectivity index (χ4n) is 3.50. The Morgan fingerprint density at radius 1 is 1.29 bits per heavy atom. The normalized spacial score (nSPS) is 26.9. The standard InChI is InChI=1S/C18H21N3O2S/c1-17(2,3)16-19-15(23-20-16)13-11-24-18(10-9-14(22)21(13)18)12-7-5-4-6-8-12/h4-8,13H,9-11H2,1-3H3/t13-,18-/m0/s1. The van der Waals surface area contributed by atoms with Crippen LogP contribution in [0.15, 0.2) is 34.9 Å². The summed E-state index contributed by atoms with van der Waals surface area (Å²) in [5, 5.41) is 4.13. The number of thioether (sulfide) groups is 1. The van der Waals surface area contributed by atoms with Gasteiger partial charge in [0.05, 0.1) is 0 Å². The smallest absolute Gasteiger partial charge is 0.250 e. The number of nitrogens with zero attached hydrogens (tertiary/aromatic N) is 3. The molecule has 0 spiro atoms. The lowest BCUT2D eigenvalue weighted by molar-refractivity contribution is -0.131. The molecular formula is C18H21N3O2S. The molecule has 24 heavy (non-hydrogen) atoms. The fourth-order valence-corrected chi connectivity index (χ4v) is 5.14. The van der Waals surface area contributed by atoms with Crippen LogP contribution in [-0.2, 0) is 15.1 Å². The first kappa shape index (κ1) is 15.7. The van der Waals surface area contributed by atoms with Gasteiger partial charge < -0.3 is 9.42 Å². The molecule has 6 heteroatoms. The van der Waals surface area contributed by atoms with E-state index in [0.29, 0.717) is 18.1 Å². The molecule has 2 aromatic rings. The maximum Gasteiger partial charge on any atom is 0.250 e. The summed E-state index contributed by atoms with van der Waals surface area (Å²) < 4.78 is 5.54. The first-order valence-electron chi connectivity index (χ1n) is 8.27. The van der Waals surface area contributed by atoms with Crippen LogP contribution in [0.3, 0.4) is 0 Å². The van der Waals surface area contributed by atoms with Gasteiger partial charge in [-0.05, 0) is 12.0 Å². The summed E-state index contributed by atoms with van der Waals surface area (Å²) in [6.45, 7) is 6.17. The van der Waals surface area contributed by atoms with Crippen molar-refractivity contribution in [3.8, 4) is 0 Å². The number of amides is 1. The molecule has 0 unspecified atom stereocenters. The van der Waals surface area contributed by atoms with Crippen molar-refractivity contribution in [2.45, 2.75) is 49.9 Å². The number of carbonyl (C=O) groups excluding carboxylic acids is 1. The van der Waals surface area contributed by atoms with Crippen molar-refractivity contribution < 1.29 is 9.32 Å². The zero-order chi connectivity index (χ0) is 16.9. The molecule has 0 aliphatic carbocycles. The Morgan fingerprint density at radius 3 is 2.71 bits per heavy atom. The molecule has 1 amide bonds. The van der Waals surface area contributed by atoms with Gasteiger partial charge in [-0.3, -0.25) is 4.79 Å². The van der Waals surface area contributed by atoms with Crippen molar-refractivity contribution in [1.82, 2.24) is 15.0 Å². The Balaban J connectivity index is 1.72. The Hall–Kier alpha value is -1.82. The molecule has 0 N–H and O–H groups in total. The van der Waals surface area contributed by atoms with Crippen LogP contribution in [0.2, 0.25) is 0 Å². The quantitative estimate of drug-likeness (QED) is 0.833. The lowest BCUT2D eigenvalue weighted by Gasteiger charge is -2.33. The van der Waals surface area contributed by atoms with Gasteiger partial charge in [0.25, 0.3) is 0 Å². The van der Waals surface area contributed by atoms with Gasteiger partial charge in [-0.2, -0.15) is 4.98 Å². The van der Waals surface area contributed by atoms with Crippen molar-refractivity contribution >= 4 is 17.7 Å². The van der Waals surface area contributed by atoms with E-state index < -0.39 is 0 Å². The third kappa shape index (κ3) is 2.27. The minimum absolute atomic E-state index is 0.145. The van der Waals surface area contributed by atoms with E-state index in [1.165, 1.54) is 5.56 Å². The number of carbonyl (C=O) groups is 1. The molecule has 1 aromatic carbocycles. The molecule has 0 radical (unpaired) electrons. The van der Waals surface area contributed by atoms with Gasteiger partial charge in [-0.25, -0.2) is 0 Å². The zero-order valence-electron chi connectivity index (χ0n) is 14.2. The molecule has 1 aromatic heterocycles. The van der Waals surface area contributed by atoms with E-state index >= 15 is 0 Å². The number of rotatable bonds is 2. The summed E-state index contributed by atoms with van der Waals surface area (Å²) in [4.78, 5) is 18.9. The topological polar surface area (TPSA) is 59.2 Å². The predicted octanol–water partition coefficient (Wildman–Crippen LogP) is 3.63. The highest BCUT2D eigenvalue weighted by Gasteiger charge is 2.56. The molecule has 5 nitrogen and oxygen atoms in total. The first-order chi connectivity index (χ1) is 11.4. The average Bonchev–Trinajstić information content (AvgIpc) is 3.24. The maximum absolute atomic E-state index is 12.6. The second kappa shape index (κ2) is 5.34. The van der Waals surface area contributed by atoms with Crippen LogP contribution in [0.5, 0.6) is 0 Å². The molecule has 0 saturated carbocycles. The van der Waals surface area contributed by atoms with Crippen molar-refractivity contribution in [2.24, 2.45) is 0 Å². The number of benzene rings is 1. The summed E-state index contributed by atoms with van der Waals surface area (Å²) >= 11 is 1.81. The summed E-state index contributed by atoms with van der Waals surface area (Å²) in [5.41, 5.74) is 1.01. The van der Waals surface area contributed by atoms with Gasteiger partial charge in [0.2, 0.25) is 11.8 Å². The molecule has 2 aliphatic heterocycles.